The first-order valence-corrected chi connectivity index (χ1v) is 7.34. The van der Waals surface area contributed by atoms with Crippen LogP contribution in [-0.4, -0.2) is 68.1 Å². The highest BCUT2D eigenvalue weighted by atomic mass is 16.5. The molecular weight excluding hydrogens is 272 g/mol. The molecule has 2 saturated heterocycles. The Balaban J connectivity index is 1.75. The van der Waals surface area contributed by atoms with Crippen LogP contribution in [0.5, 0.6) is 0 Å². The SMILES string of the molecule is COCC1CCN(c2nc(N)nc(N3CCOCC3)n2)C1. The van der Waals surface area contributed by atoms with Crippen LogP contribution in [-0.2, 0) is 9.47 Å². The summed E-state index contributed by atoms with van der Waals surface area (Å²) in [5.74, 6) is 2.12. The van der Waals surface area contributed by atoms with Crippen LogP contribution in [0.15, 0.2) is 0 Å². The molecule has 2 aliphatic heterocycles. The Bertz CT molecular complexity index is 480. The van der Waals surface area contributed by atoms with E-state index in [1.165, 1.54) is 0 Å². The fourth-order valence-corrected chi connectivity index (χ4v) is 2.80. The summed E-state index contributed by atoms with van der Waals surface area (Å²) in [5, 5.41) is 0. The van der Waals surface area contributed by atoms with Crippen molar-refractivity contribution in [3.8, 4) is 0 Å². The number of ether oxygens (including phenoxy) is 2. The molecular formula is C13H22N6O2. The molecule has 1 aromatic rings. The van der Waals surface area contributed by atoms with E-state index >= 15 is 0 Å². The van der Waals surface area contributed by atoms with E-state index < -0.39 is 0 Å². The van der Waals surface area contributed by atoms with Crippen molar-refractivity contribution < 1.29 is 9.47 Å². The smallest absolute Gasteiger partial charge is 0.232 e. The van der Waals surface area contributed by atoms with Crippen LogP contribution in [0.25, 0.3) is 0 Å². The quantitative estimate of drug-likeness (QED) is 0.814. The second-order valence-electron chi connectivity index (χ2n) is 5.45. The van der Waals surface area contributed by atoms with Crippen LogP contribution in [0.2, 0.25) is 0 Å². The molecule has 0 aliphatic carbocycles. The molecule has 8 heteroatoms. The fourth-order valence-electron chi connectivity index (χ4n) is 2.80. The van der Waals surface area contributed by atoms with Crippen LogP contribution >= 0.6 is 0 Å². The summed E-state index contributed by atoms with van der Waals surface area (Å²) in [7, 11) is 1.74. The monoisotopic (exact) mass is 294 g/mol. The number of rotatable bonds is 4. The molecule has 8 nitrogen and oxygen atoms in total. The summed E-state index contributed by atoms with van der Waals surface area (Å²) in [6.07, 6.45) is 1.09. The maximum absolute atomic E-state index is 5.86. The Morgan fingerprint density at radius 3 is 2.57 bits per heavy atom. The van der Waals surface area contributed by atoms with Crippen molar-refractivity contribution in [2.24, 2.45) is 5.92 Å². The van der Waals surface area contributed by atoms with Gasteiger partial charge in [0.2, 0.25) is 17.8 Å². The van der Waals surface area contributed by atoms with Gasteiger partial charge < -0.3 is 25.0 Å². The highest BCUT2D eigenvalue weighted by Gasteiger charge is 2.26. The molecule has 3 heterocycles. The number of methoxy groups -OCH3 is 1. The molecule has 0 spiro atoms. The lowest BCUT2D eigenvalue weighted by Crippen LogP contribution is -2.38. The zero-order valence-electron chi connectivity index (χ0n) is 12.4. The lowest BCUT2D eigenvalue weighted by atomic mass is 10.1. The number of anilines is 3. The lowest BCUT2D eigenvalue weighted by Gasteiger charge is -2.27. The van der Waals surface area contributed by atoms with Gasteiger partial charge in [0.05, 0.1) is 19.8 Å². The van der Waals surface area contributed by atoms with Crippen molar-refractivity contribution in [3.05, 3.63) is 0 Å². The zero-order valence-corrected chi connectivity index (χ0v) is 12.4. The van der Waals surface area contributed by atoms with Gasteiger partial charge in [-0.15, -0.1) is 0 Å². The van der Waals surface area contributed by atoms with Gasteiger partial charge in [0.1, 0.15) is 0 Å². The van der Waals surface area contributed by atoms with Crippen molar-refractivity contribution in [2.45, 2.75) is 6.42 Å². The number of nitrogens with two attached hydrogens (primary N) is 1. The van der Waals surface area contributed by atoms with Gasteiger partial charge in [-0.2, -0.15) is 15.0 Å². The number of nitrogens with zero attached hydrogens (tertiary/aromatic N) is 5. The second-order valence-corrected chi connectivity index (χ2v) is 5.45. The highest BCUT2D eigenvalue weighted by Crippen LogP contribution is 2.23. The summed E-state index contributed by atoms with van der Waals surface area (Å²) in [5.41, 5.74) is 5.86. The lowest BCUT2D eigenvalue weighted by molar-refractivity contribution is 0.122. The van der Waals surface area contributed by atoms with Crippen molar-refractivity contribution >= 4 is 17.8 Å². The largest absolute Gasteiger partial charge is 0.384 e. The second kappa shape index (κ2) is 6.40. The molecule has 1 aromatic heterocycles. The summed E-state index contributed by atoms with van der Waals surface area (Å²) in [4.78, 5) is 17.4. The molecule has 0 radical (unpaired) electrons. The Hall–Kier alpha value is -1.67. The first-order chi connectivity index (χ1) is 10.3. The van der Waals surface area contributed by atoms with Gasteiger partial charge in [-0.05, 0) is 6.42 Å². The van der Waals surface area contributed by atoms with E-state index in [1.54, 1.807) is 7.11 Å². The van der Waals surface area contributed by atoms with Crippen LogP contribution in [0.4, 0.5) is 17.8 Å². The topological polar surface area (TPSA) is 89.6 Å². The van der Waals surface area contributed by atoms with Gasteiger partial charge in [0.25, 0.3) is 0 Å². The van der Waals surface area contributed by atoms with Crippen LogP contribution in [0, 0.1) is 5.92 Å². The van der Waals surface area contributed by atoms with Gasteiger partial charge >= 0.3 is 0 Å². The molecule has 1 unspecified atom stereocenters. The third kappa shape index (κ3) is 3.33. The van der Waals surface area contributed by atoms with E-state index in [9.17, 15) is 0 Å². The molecule has 116 valence electrons. The van der Waals surface area contributed by atoms with Crippen LogP contribution in [0.1, 0.15) is 6.42 Å². The Labute approximate surface area is 124 Å². The minimum atomic E-state index is 0.275. The Kier molecular flexibility index (Phi) is 4.35. The minimum absolute atomic E-state index is 0.275. The molecule has 1 atom stereocenters. The Morgan fingerprint density at radius 2 is 1.86 bits per heavy atom. The number of morpholine rings is 1. The maximum atomic E-state index is 5.86. The van der Waals surface area contributed by atoms with Crippen molar-refractivity contribution in [1.82, 2.24) is 15.0 Å². The zero-order chi connectivity index (χ0) is 14.7. The molecule has 2 fully saturated rings. The van der Waals surface area contributed by atoms with Crippen molar-refractivity contribution in [1.29, 1.82) is 0 Å². The van der Waals surface area contributed by atoms with E-state index in [2.05, 4.69) is 24.8 Å². The molecule has 0 saturated carbocycles. The minimum Gasteiger partial charge on any atom is -0.384 e. The van der Waals surface area contributed by atoms with Crippen molar-refractivity contribution in [2.75, 3.05) is 68.6 Å². The van der Waals surface area contributed by atoms with Gasteiger partial charge in [-0.1, -0.05) is 0 Å². The first kappa shape index (κ1) is 14.3. The van der Waals surface area contributed by atoms with E-state index in [0.29, 0.717) is 31.0 Å². The summed E-state index contributed by atoms with van der Waals surface area (Å²) >= 11 is 0. The third-order valence-corrected chi connectivity index (χ3v) is 3.89. The summed E-state index contributed by atoms with van der Waals surface area (Å²) < 4.78 is 10.6. The third-order valence-electron chi connectivity index (χ3n) is 3.89. The number of hydrogen-bond donors (Lipinski definition) is 1. The van der Waals surface area contributed by atoms with E-state index in [1.807, 2.05) is 0 Å². The molecule has 2 aliphatic rings. The molecule has 0 aromatic carbocycles. The van der Waals surface area contributed by atoms with Crippen molar-refractivity contribution in [3.63, 3.8) is 0 Å². The van der Waals surface area contributed by atoms with Crippen LogP contribution < -0.4 is 15.5 Å². The van der Waals surface area contributed by atoms with E-state index in [4.69, 9.17) is 15.2 Å². The normalized spacial score (nSPS) is 22.8. The number of aromatic nitrogens is 3. The summed E-state index contributed by atoms with van der Waals surface area (Å²) in [6.45, 7) is 5.57. The molecule has 3 rings (SSSR count). The predicted molar refractivity (Wildman–Crippen MR) is 79.5 cm³/mol. The molecule has 2 N–H and O–H groups in total. The number of hydrogen-bond acceptors (Lipinski definition) is 8. The average Bonchev–Trinajstić information content (AvgIpc) is 2.97. The van der Waals surface area contributed by atoms with Gasteiger partial charge in [0, 0.05) is 39.2 Å². The number of nitrogen functional groups attached to an aromatic ring is 1. The van der Waals surface area contributed by atoms with E-state index in [0.717, 1.165) is 39.2 Å². The fraction of sp³-hybridized carbons (Fsp3) is 0.769. The molecule has 0 bridgehead atoms. The first-order valence-electron chi connectivity index (χ1n) is 7.34. The predicted octanol–water partition coefficient (Wildman–Crippen LogP) is -0.237. The summed E-state index contributed by atoms with van der Waals surface area (Å²) in [6, 6.07) is 0. The average molecular weight is 294 g/mol. The molecule has 21 heavy (non-hydrogen) atoms. The van der Waals surface area contributed by atoms with Gasteiger partial charge in [0.15, 0.2) is 0 Å². The van der Waals surface area contributed by atoms with Gasteiger partial charge in [-0.25, -0.2) is 0 Å². The highest BCUT2D eigenvalue weighted by molar-refractivity contribution is 5.44. The molecule has 0 amide bonds. The van der Waals surface area contributed by atoms with Crippen LogP contribution in [0.3, 0.4) is 0 Å². The maximum Gasteiger partial charge on any atom is 0.232 e. The van der Waals surface area contributed by atoms with Gasteiger partial charge in [-0.3, -0.25) is 0 Å². The van der Waals surface area contributed by atoms with E-state index in [-0.39, 0.29) is 5.95 Å². The Morgan fingerprint density at radius 1 is 1.14 bits per heavy atom. The standard InChI is InChI=1S/C13H22N6O2/c1-20-9-10-2-3-19(8-10)13-16-11(14)15-12(17-13)18-4-6-21-7-5-18/h10H,2-9H2,1H3,(H2,14,15,16,17).